The molecule has 0 heterocycles. The van der Waals surface area contributed by atoms with E-state index in [1.165, 1.54) is 30.4 Å². The van der Waals surface area contributed by atoms with E-state index in [0.717, 1.165) is 12.8 Å². The topological polar surface area (TPSA) is 40.5 Å². The van der Waals surface area contributed by atoms with E-state index in [0.29, 0.717) is 29.4 Å². The lowest BCUT2D eigenvalue weighted by Gasteiger charge is -2.51. The van der Waals surface area contributed by atoms with Gasteiger partial charge >= 0.3 is 0 Å². The number of hydrogen-bond acceptors (Lipinski definition) is 2. The van der Waals surface area contributed by atoms with Crippen molar-refractivity contribution in [3.8, 4) is 5.75 Å². The molecule has 21 heavy (non-hydrogen) atoms. The van der Waals surface area contributed by atoms with Crippen LogP contribution in [0, 0.1) is 17.3 Å². The highest BCUT2D eigenvalue weighted by Crippen LogP contribution is 2.62. The maximum absolute atomic E-state index is 10.4. The van der Waals surface area contributed by atoms with Crippen LogP contribution in [0.3, 0.4) is 0 Å². The predicted molar refractivity (Wildman–Crippen MR) is 83.4 cm³/mol. The zero-order chi connectivity index (χ0) is 14.8. The predicted octanol–water partition coefficient (Wildman–Crippen LogP) is 4.17. The van der Waals surface area contributed by atoms with E-state index in [4.69, 9.17) is 0 Å². The van der Waals surface area contributed by atoms with Gasteiger partial charge in [0.1, 0.15) is 5.75 Å². The molecule has 114 valence electrons. The fourth-order valence-electron chi connectivity index (χ4n) is 5.84. The maximum atomic E-state index is 10.4. The van der Waals surface area contributed by atoms with E-state index in [1.807, 2.05) is 12.1 Å². The Morgan fingerprint density at radius 1 is 1.14 bits per heavy atom. The van der Waals surface area contributed by atoms with Gasteiger partial charge in [-0.25, -0.2) is 0 Å². The minimum absolute atomic E-state index is 0.0972. The molecule has 6 atom stereocenters. The number of phenols is 1. The molecule has 2 N–H and O–H groups in total. The van der Waals surface area contributed by atoms with Crippen LogP contribution in [0.5, 0.6) is 5.75 Å². The molecule has 3 aliphatic carbocycles. The first kappa shape index (κ1) is 13.6. The Morgan fingerprint density at radius 3 is 2.76 bits per heavy atom. The maximum Gasteiger partial charge on any atom is 0.115 e. The smallest absolute Gasteiger partial charge is 0.115 e. The van der Waals surface area contributed by atoms with Crippen molar-refractivity contribution in [1.29, 1.82) is 0 Å². The molecule has 2 saturated carbocycles. The van der Waals surface area contributed by atoms with Crippen LogP contribution in [0.15, 0.2) is 18.2 Å². The van der Waals surface area contributed by atoms with E-state index in [1.54, 1.807) is 0 Å². The number of fused-ring (bicyclic) bond motifs is 5. The van der Waals surface area contributed by atoms with Crippen molar-refractivity contribution in [3.05, 3.63) is 29.3 Å². The van der Waals surface area contributed by atoms with Crippen molar-refractivity contribution in [2.75, 3.05) is 0 Å². The van der Waals surface area contributed by atoms with Gasteiger partial charge in [-0.15, -0.1) is 0 Å². The Labute approximate surface area is 127 Å². The molecule has 0 amide bonds. The SMILES string of the molecule is C[C@@H]1CC2C(CC[C@]3(C)C(O)CCC23)c2ccc(O)cc21. The van der Waals surface area contributed by atoms with Crippen molar-refractivity contribution in [1.82, 2.24) is 0 Å². The second-order valence-electron chi connectivity index (χ2n) is 7.96. The van der Waals surface area contributed by atoms with Gasteiger partial charge in [0.2, 0.25) is 0 Å². The minimum Gasteiger partial charge on any atom is -0.508 e. The number of rotatable bonds is 0. The highest BCUT2D eigenvalue weighted by Gasteiger charge is 2.54. The van der Waals surface area contributed by atoms with Crippen LogP contribution in [-0.4, -0.2) is 16.3 Å². The molecule has 4 unspecified atom stereocenters. The Hall–Kier alpha value is -1.02. The van der Waals surface area contributed by atoms with E-state index in [9.17, 15) is 10.2 Å². The van der Waals surface area contributed by atoms with Gasteiger partial charge in [0.05, 0.1) is 6.10 Å². The molecule has 2 heteroatoms. The third-order valence-corrected chi connectivity index (χ3v) is 7.01. The van der Waals surface area contributed by atoms with Gasteiger partial charge in [-0.2, -0.15) is 0 Å². The van der Waals surface area contributed by atoms with Gasteiger partial charge < -0.3 is 10.2 Å². The summed E-state index contributed by atoms with van der Waals surface area (Å²) in [5.74, 6) is 2.95. The third-order valence-electron chi connectivity index (χ3n) is 7.01. The molecule has 2 fully saturated rings. The number of aromatic hydroxyl groups is 1. The Kier molecular flexibility index (Phi) is 2.91. The highest BCUT2D eigenvalue weighted by atomic mass is 16.3. The minimum atomic E-state index is -0.0972. The van der Waals surface area contributed by atoms with Crippen molar-refractivity contribution in [2.24, 2.45) is 17.3 Å². The van der Waals surface area contributed by atoms with Gasteiger partial charge in [0.25, 0.3) is 0 Å². The number of aliphatic hydroxyl groups excluding tert-OH is 1. The summed E-state index contributed by atoms with van der Waals surface area (Å²) >= 11 is 0. The van der Waals surface area contributed by atoms with Gasteiger partial charge in [-0.1, -0.05) is 19.9 Å². The first-order valence-corrected chi connectivity index (χ1v) is 8.51. The Bertz CT molecular complexity index is 567. The Balaban J connectivity index is 1.75. The largest absolute Gasteiger partial charge is 0.508 e. The number of benzene rings is 1. The number of hydrogen-bond donors (Lipinski definition) is 2. The summed E-state index contributed by atoms with van der Waals surface area (Å²) in [6, 6.07) is 5.99. The van der Waals surface area contributed by atoms with Crippen LogP contribution in [0.1, 0.15) is 68.9 Å². The van der Waals surface area contributed by atoms with Crippen molar-refractivity contribution in [2.45, 2.75) is 63.9 Å². The first-order valence-electron chi connectivity index (χ1n) is 8.51. The third kappa shape index (κ3) is 1.81. The van der Waals surface area contributed by atoms with Crippen molar-refractivity contribution >= 4 is 0 Å². The van der Waals surface area contributed by atoms with Crippen LogP contribution in [-0.2, 0) is 0 Å². The lowest BCUT2D eigenvalue weighted by atomic mass is 9.54. The van der Waals surface area contributed by atoms with Gasteiger partial charge in [0.15, 0.2) is 0 Å². The van der Waals surface area contributed by atoms with Crippen LogP contribution < -0.4 is 0 Å². The van der Waals surface area contributed by atoms with Crippen LogP contribution >= 0.6 is 0 Å². The van der Waals surface area contributed by atoms with Gasteiger partial charge in [-0.3, -0.25) is 0 Å². The van der Waals surface area contributed by atoms with E-state index < -0.39 is 0 Å². The average molecular weight is 286 g/mol. The second kappa shape index (κ2) is 4.49. The summed E-state index contributed by atoms with van der Waals surface area (Å²) in [6.45, 7) is 4.62. The number of aliphatic hydroxyl groups is 1. The molecule has 0 bridgehead atoms. The zero-order valence-electron chi connectivity index (χ0n) is 13.0. The lowest BCUT2D eigenvalue weighted by Crippen LogP contribution is -2.44. The summed E-state index contributed by atoms with van der Waals surface area (Å²) in [7, 11) is 0. The highest BCUT2D eigenvalue weighted by molar-refractivity contribution is 5.42. The van der Waals surface area contributed by atoms with Crippen molar-refractivity contribution < 1.29 is 10.2 Å². The fourth-order valence-corrected chi connectivity index (χ4v) is 5.84. The molecule has 0 spiro atoms. The molecular weight excluding hydrogens is 260 g/mol. The summed E-state index contributed by atoms with van der Waals surface area (Å²) in [6.07, 6.45) is 5.64. The van der Waals surface area contributed by atoms with Crippen LogP contribution in [0.25, 0.3) is 0 Å². The fraction of sp³-hybridized carbons (Fsp3) is 0.684. The average Bonchev–Trinajstić information content (AvgIpc) is 2.76. The summed E-state index contributed by atoms with van der Waals surface area (Å²) in [5.41, 5.74) is 2.98. The van der Waals surface area contributed by atoms with E-state index >= 15 is 0 Å². The van der Waals surface area contributed by atoms with E-state index in [2.05, 4.69) is 19.9 Å². The number of phenolic OH excluding ortho intramolecular Hbond substituents is 1. The van der Waals surface area contributed by atoms with Crippen molar-refractivity contribution in [3.63, 3.8) is 0 Å². The molecule has 3 aliphatic rings. The molecule has 4 rings (SSSR count). The Morgan fingerprint density at radius 2 is 1.95 bits per heavy atom. The first-order chi connectivity index (χ1) is 10.0. The molecule has 1 aromatic carbocycles. The van der Waals surface area contributed by atoms with Gasteiger partial charge in [0, 0.05) is 0 Å². The normalized spacial score (nSPS) is 44.8. The molecule has 0 aromatic heterocycles. The van der Waals surface area contributed by atoms with E-state index in [-0.39, 0.29) is 11.5 Å². The molecule has 2 nitrogen and oxygen atoms in total. The second-order valence-corrected chi connectivity index (χ2v) is 7.96. The summed E-state index contributed by atoms with van der Waals surface area (Å²) < 4.78 is 0. The van der Waals surface area contributed by atoms with Crippen LogP contribution in [0.2, 0.25) is 0 Å². The molecule has 0 aliphatic heterocycles. The molecule has 0 radical (unpaired) electrons. The van der Waals surface area contributed by atoms with Gasteiger partial charge in [-0.05, 0) is 84.5 Å². The summed E-state index contributed by atoms with van der Waals surface area (Å²) in [5, 5.41) is 20.2. The quantitative estimate of drug-likeness (QED) is 0.751. The monoisotopic (exact) mass is 286 g/mol. The molecule has 0 saturated heterocycles. The summed E-state index contributed by atoms with van der Waals surface area (Å²) in [4.78, 5) is 0. The lowest BCUT2D eigenvalue weighted by molar-refractivity contribution is -0.0245. The molecule has 1 aromatic rings. The standard InChI is InChI=1S/C19H26O2/c1-11-9-16-14(13-4-3-12(20)10-15(11)13)7-8-19(2)17(16)5-6-18(19)21/h3-4,10-11,14,16-18,20-21H,5-9H2,1-2H3/t11-,14?,16?,17?,18?,19+/m1/s1. The van der Waals surface area contributed by atoms with Crippen LogP contribution in [0.4, 0.5) is 0 Å². The zero-order valence-corrected chi connectivity index (χ0v) is 13.0. The molecular formula is C19H26O2.